The lowest BCUT2D eigenvalue weighted by molar-refractivity contribution is -0.139. The number of benzene rings is 1. The predicted molar refractivity (Wildman–Crippen MR) is 83.2 cm³/mol. The third-order valence-electron chi connectivity index (χ3n) is 2.26. The molecule has 112 valence electrons. The number of methoxy groups -OCH3 is 1. The molecule has 0 aliphatic rings. The maximum absolute atomic E-state index is 11.6. The third-order valence-corrected chi connectivity index (χ3v) is 3.27. The van der Waals surface area contributed by atoms with E-state index in [1.807, 2.05) is 39.0 Å². The van der Waals surface area contributed by atoms with E-state index < -0.39 is 0 Å². The molecule has 0 radical (unpaired) electrons. The number of ether oxygens (including phenoxy) is 1. The van der Waals surface area contributed by atoms with E-state index in [0.717, 1.165) is 27.8 Å². The highest BCUT2D eigenvalue weighted by atomic mass is 32.2. The molecule has 0 unspecified atom stereocenters. The third kappa shape index (κ3) is 6.61. The van der Waals surface area contributed by atoms with Crippen molar-refractivity contribution in [1.29, 1.82) is 0 Å². The van der Waals surface area contributed by atoms with Crippen LogP contribution < -0.4 is 0 Å². The molecule has 0 bridgehead atoms. The number of hydrogen-bond acceptors (Lipinski definition) is 4. The van der Waals surface area contributed by atoms with Crippen LogP contribution in [0, 0.1) is 6.92 Å². The average Bonchev–Trinajstić information content (AvgIpc) is 2.40. The van der Waals surface area contributed by atoms with Crippen molar-refractivity contribution in [3.8, 4) is 0 Å². The number of carbonyl (C=O) groups excluding carboxylic acids is 2. The maximum Gasteiger partial charge on any atom is 0.309 e. The fraction of sp³-hybridized carbons (Fsp3) is 0.467. The molecule has 0 spiro atoms. The minimum atomic E-state index is -0.282. The Hall–Kier alpha value is -1.49. The number of carbonyl (C=O) groups is 2. The normalized spacial score (nSPS) is 9.30. The Balaban J connectivity index is 0.00000172. The van der Waals surface area contributed by atoms with Crippen LogP contribution in [0.3, 0.4) is 0 Å². The molecule has 0 aliphatic heterocycles. The summed E-state index contributed by atoms with van der Waals surface area (Å²) in [6, 6.07) is 5.68. The van der Waals surface area contributed by atoms with Gasteiger partial charge in [0.25, 0.3) is 5.24 Å². The smallest absolute Gasteiger partial charge is 0.309 e. The van der Waals surface area contributed by atoms with E-state index in [4.69, 9.17) is 0 Å². The molecule has 0 fully saturated rings. The summed E-state index contributed by atoms with van der Waals surface area (Å²) in [4.78, 5) is 25.2. The monoisotopic (exact) mass is 297 g/mol. The van der Waals surface area contributed by atoms with Crippen LogP contribution in [0.15, 0.2) is 23.1 Å². The van der Waals surface area contributed by atoms with Crippen LogP contribution in [0.25, 0.3) is 0 Å². The minimum absolute atomic E-state index is 0.0374. The van der Waals surface area contributed by atoms with Gasteiger partial charge in [0.2, 0.25) is 0 Å². The van der Waals surface area contributed by atoms with Crippen LogP contribution in [-0.2, 0) is 16.0 Å². The van der Waals surface area contributed by atoms with Gasteiger partial charge >= 0.3 is 5.97 Å². The van der Waals surface area contributed by atoms with Gasteiger partial charge in [-0.3, -0.25) is 9.59 Å². The standard InChI is InChI=1S/C13H17NO3S.C2H6/c1-9-5-10(8-12(15)17-4)7-11(6-9)18-13(16)14(2)3;1-2/h5-7H,8H2,1-4H3;1-2H3. The van der Waals surface area contributed by atoms with E-state index in [1.165, 1.54) is 12.0 Å². The summed E-state index contributed by atoms with van der Waals surface area (Å²) in [6.07, 6.45) is 0.224. The molecule has 1 rings (SSSR count). The molecule has 0 heterocycles. The molecule has 0 aromatic heterocycles. The molecule has 0 saturated heterocycles. The number of aryl methyl sites for hydroxylation is 1. The highest BCUT2D eigenvalue weighted by Gasteiger charge is 2.10. The second-order valence-electron chi connectivity index (χ2n) is 4.17. The Morgan fingerprint density at radius 1 is 1.20 bits per heavy atom. The zero-order valence-electron chi connectivity index (χ0n) is 13.0. The molecular formula is C15H23NO3S. The van der Waals surface area contributed by atoms with E-state index in [0.29, 0.717) is 0 Å². The summed E-state index contributed by atoms with van der Waals surface area (Å²) in [5, 5.41) is -0.0374. The number of nitrogens with zero attached hydrogens (tertiary/aromatic N) is 1. The molecule has 0 N–H and O–H groups in total. The number of rotatable bonds is 3. The lowest BCUT2D eigenvalue weighted by Gasteiger charge is -2.10. The molecule has 4 nitrogen and oxygen atoms in total. The minimum Gasteiger partial charge on any atom is -0.469 e. The molecule has 5 heteroatoms. The van der Waals surface area contributed by atoms with Crippen molar-refractivity contribution in [1.82, 2.24) is 4.90 Å². The molecule has 1 aromatic carbocycles. The van der Waals surface area contributed by atoms with E-state index >= 15 is 0 Å². The van der Waals surface area contributed by atoms with Gasteiger partial charge in [0.05, 0.1) is 13.5 Å². The van der Waals surface area contributed by atoms with Crippen LogP contribution in [0.5, 0.6) is 0 Å². The van der Waals surface area contributed by atoms with Crippen LogP contribution in [0.4, 0.5) is 4.79 Å². The van der Waals surface area contributed by atoms with Crippen LogP contribution in [0.2, 0.25) is 0 Å². The van der Waals surface area contributed by atoms with Crippen LogP contribution in [-0.4, -0.2) is 37.3 Å². The fourth-order valence-electron chi connectivity index (χ4n) is 1.42. The SMILES string of the molecule is CC.COC(=O)Cc1cc(C)cc(SC(=O)N(C)C)c1. The van der Waals surface area contributed by atoms with Crippen molar-refractivity contribution in [2.45, 2.75) is 32.1 Å². The first-order valence-corrected chi connectivity index (χ1v) is 7.30. The van der Waals surface area contributed by atoms with Crippen molar-refractivity contribution < 1.29 is 14.3 Å². The largest absolute Gasteiger partial charge is 0.469 e. The summed E-state index contributed by atoms with van der Waals surface area (Å²) in [5.74, 6) is -0.282. The van der Waals surface area contributed by atoms with Crippen LogP contribution >= 0.6 is 11.8 Å². The molecular weight excluding hydrogens is 274 g/mol. The zero-order valence-corrected chi connectivity index (χ0v) is 13.8. The van der Waals surface area contributed by atoms with Gasteiger partial charge in [-0.15, -0.1) is 0 Å². The first-order valence-electron chi connectivity index (χ1n) is 6.49. The van der Waals surface area contributed by atoms with E-state index in [2.05, 4.69) is 4.74 Å². The van der Waals surface area contributed by atoms with Gasteiger partial charge in [0.15, 0.2) is 0 Å². The lowest BCUT2D eigenvalue weighted by atomic mass is 10.1. The molecule has 20 heavy (non-hydrogen) atoms. The molecule has 1 aromatic rings. The first-order chi connectivity index (χ1) is 9.42. The summed E-state index contributed by atoms with van der Waals surface area (Å²) >= 11 is 1.15. The molecule has 0 aliphatic carbocycles. The Bertz CT molecular complexity index is 458. The zero-order chi connectivity index (χ0) is 15.7. The van der Waals surface area contributed by atoms with Gasteiger partial charge in [-0.25, -0.2) is 0 Å². The van der Waals surface area contributed by atoms with E-state index in [9.17, 15) is 9.59 Å². The van der Waals surface area contributed by atoms with Gasteiger partial charge < -0.3 is 9.64 Å². The molecule has 0 atom stereocenters. The number of thioether (sulfide) groups is 1. The van der Waals surface area contributed by atoms with Crippen molar-refractivity contribution >= 4 is 23.0 Å². The highest BCUT2D eigenvalue weighted by Crippen LogP contribution is 2.23. The Labute approximate surface area is 125 Å². The number of esters is 1. The lowest BCUT2D eigenvalue weighted by Crippen LogP contribution is -2.16. The Morgan fingerprint density at radius 2 is 1.80 bits per heavy atom. The van der Waals surface area contributed by atoms with Gasteiger partial charge in [0, 0.05) is 19.0 Å². The second kappa shape index (κ2) is 9.42. The van der Waals surface area contributed by atoms with Gasteiger partial charge in [-0.2, -0.15) is 0 Å². The van der Waals surface area contributed by atoms with Gasteiger partial charge in [-0.1, -0.05) is 19.9 Å². The Morgan fingerprint density at radius 3 is 2.30 bits per heavy atom. The summed E-state index contributed by atoms with van der Waals surface area (Å²) in [6.45, 7) is 5.94. The number of hydrogen-bond donors (Lipinski definition) is 0. The van der Waals surface area contributed by atoms with Gasteiger partial charge in [0.1, 0.15) is 0 Å². The fourth-order valence-corrected chi connectivity index (χ4v) is 2.26. The van der Waals surface area contributed by atoms with Crippen molar-refractivity contribution in [3.05, 3.63) is 29.3 Å². The first kappa shape index (κ1) is 18.5. The topological polar surface area (TPSA) is 46.6 Å². The van der Waals surface area contributed by atoms with Crippen molar-refractivity contribution in [2.24, 2.45) is 0 Å². The summed E-state index contributed by atoms with van der Waals surface area (Å²) in [5.41, 5.74) is 1.88. The van der Waals surface area contributed by atoms with Gasteiger partial charge in [-0.05, 0) is 41.9 Å². The van der Waals surface area contributed by atoms with Crippen molar-refractivity contribution in [2.75, 3.05) is 21.2 Å². The maximum atomic E-state index is 11.6. The summed E-state index contributed by atoms with van der Waals surface area (Å²) < 4.78 is 4.63. The van der Waals surface area contributed by atoms with Crippen molar-refractivity contribution in [3.63, 3.8) is 0 Å². The molecule has 0 saturated carbocycles. The van der Waals surface area contributed by atoms with Crippen LogP contribution in [0.1, 0.15) is 25.0 Å². The predicted octanol–water partition coefficient (Wildman–Crippen LogP) is 3.51. The van der Waals surface area contributed by atoms with E-state index in [-0.39, 0.29) is 17.6 Å². The summed E-state index contributed by atoms with van der Waals surface area (Å²) in [7, 11) is 4.78. The average molecular weight is 297 g/mol. The molecule has 1 amide bonds. The second-order valence-corrected chi connectivity index (χ2v) is 5.19. The Kier molecular flexibility index (Phi) is 8.72. The highest BCUT2D eigenvalue weighted by molar-refractivity contribution is 8.13. The number of amides is 1. The quantitative estimate of drug-likeness (QED) is 0.632. The van der Waals surface area contributed by atoms with E-state index in [1.54, 1.807) is 14.1 Å².